The van der Waals surface area contributed by atoms with Crippen LogP contribution in [0.4, 0.5) is 5.95 Å². The summed E-state index contributed by atoms with van der Waals surface area (Å²) in [4.78, 5) is 16.5. The van der Waals surface area contributed by atoms with Crippen LogP contribution in [-0.2, 0) is 11.2 Å². The molecule has 1 aliphatic heterocycles. The predicted molar refractivity (Wildman–Crippen MR) is 83.1 cm³/mol. The molecule has 2 aromatic rings. The zero-order chi connectivity index (χ0) is 15.9. The Balaban J connectivity index is 1.69. The van der Waals surface area contributed by atoms with Gasteiger partial charge in [-0.3, -0.25) is 15.2 Å². The molecule has 1 atom stereocenters. The molecule has 0 spiro atoms. The average Bonchev–Trinajstić information content (AvgIpc) is 3.06. The molecule has 0 radical (unpaired) electrons. The van der Waals surface area contributed by atoms with Crippen molar-refractivity contribution >= 4 is 11.9 Å². The first-order chi connectivity index (χ1) is 10.4. The lowest BCUT2D eigenvalue weighted by Crippen LogP contribution is -2.31. The number of hydrogen-bond donors (Lipinski definition) is 2. The minimum atomic E-state index is -0.530. The molecule has 0 fully saturated rings. The topological polar surface area (TPSA) is 79.9 Å². The van der Waals surface area contributed by atoms with Crippen molar-refractivity contribution in [1.29, 1.82) is 0 Å². The van der Waals surface area contributed by atoms with Gasteiger partial charge in [-0.05, 0) is 36.6 Å². The Kier molecular flexibility index (Phi) is 3.60. The van der Waals surface area contributed by atoms with Gasteiger partial charge in [0, 0.05) is 12.3 Å². The summed E-state index contributed by atoms with van der Waals surface area (Å²) in [5.74, 6) is 1.84. The standard InChI is InChI=1S/C16H20N4O2/c1-8(2)14-17-16(20-19-14)18-15(21)13-7-11-5-9(3)10(4)6-12(11)22-13/h5-6,8,13H,7H2,1-4H3,(H2,17,18,19,20,21)/t13-/m1/s1. The Labute approximate surface area is 129 Å². The molecule has 0 aliphatic carbocycles. The first-order valence-electron chi connectivity index (χ1n) is 7.44. The van der Waals surface area contributed by atoms with E-state index in [1.165, 1.54) is 5.56 Å². The molecule has 6 heteroatoms. The first-order valence-corrected chi connectivity index (χ1v) is 7.44. The number of fused-ring (bicyclic) bond motifs is 1. The molecule has 1 aromatic carbocycles. The van der Waals surface area contributed by atoms with Gasteiger partial charge in [0.05, 0.1) is 0 Å². The SMILES string of the molecule is Cc1cc2c(cc1C)O[C@@H](C(=O)Nc1n[nH]c(C(C)C)n1)C2. The van der Waals surface area contributed by atoms with Gasteiger partial charge in [-0.15, -0.1) is 5.10 Å². The summed E-state index contributed by atoms with van der Waals surface area (Å²) in [6.07, 6.45) is 0.0428. The number of ether oxygens (including phenoxy) is 1. The van der Waals surface area contributed by atoms with Crippen LogP contribution >= 0.6 is 0 Å². The maximum Gasteiger partial charge on any atom is 0.268 e. The number of aromatic nitrogens is 3. The summed E-state index contributed by atoms with van der Waals surface area (Å²) in [6, 6.07) is 4.07. The van der Waals surface area contributed by atoms with E-state index in [2.05, 4.69) is 33.5 Å². The van der Waals surface area contributed by atoms with Gasteiger partial charge >= 0.3 is 0 Å². The normalized spacial score (nSPS) is 16.5. The Hall–Kier alpha value is -2.37. The summed E-state index contributed by atoms with van der Waals surface area (Å²) in [5.41, 5.74) is 3.44. The third kappa shape index (κ3) is 2.68. The summed E-state index contributed by atoms with van der Waals surface area (Å²) in [7, 11) is 0. The van der Waals surface area contributed by atoms with E-state index in [0.717, 1.165) is 22.7 Å². The maximum absolute atomic E-state index is 12.3. The van der Waals surface area contributed by atoms with Gasteiger partial charge in [0.2, 0.25) is 5.95 Å². The van der Waals surface area contributed by atoms with Crippen molar-refractivity contribution < 1.29 is 9.53 Å². The van der Waals surface area contributed by atoms with Gasteiger partial charge in [-0.1, -0.05) is 19.9 Å². The molecule has 1 aromatic heterocycles. The fraction of sp³-hybridized carbons (Fsp3) is 0.438. The summed E-state index contributed by atoms with van der Waals surface area (Å²) >= 11 is 0. The molecule has 1 aliphatic rings. The molecular weight excluding hydrogens is 280 g/mol. The predicted octanol–water partition coefficient (Wildman–Crippen LogP) is 2.49. The Morgan fingerprint density at radius 1 is 1.36 bits per heavy atom. The van der Waals surface area contributed by atoms with Crippen LogP contribution in [0, 0.1) is 13.8 Å². The van der Waals surface area contributed by atoms with Crippen LogP contribution in [0.3, 0.4) is 0 Å². The van der Waals surface area contributed by atoms with E-state index < -0.39 is 6.10 Å². The van der Waals surface area contributed by atoms with E-state index in [-0.39, 0.29) is 11.8 Å². The minimum absolute atomic E-state index is 0.221. The van der Waals surface area contributed by atoms with Crippen LogP contribution in [0.2, 0.25) is 0 Å². The second-order valence-corrected chi connectivity index (χ2v) is 6.04. The quantitative estimate of drug-likeness (QED) is 0.912. The molecule has 0 bridgehead atoms. The van der Waals surface area contributed by atoms with Crippen molar-refractivity contribution in [2.75, 3.05) is 5.32 Å². The van der Waals surface area contributed by atoms with E-state index >= 15 is 0 Å². The van der Waals surface area contributed by atoms with Gasteiger partial charge in [-0.2, -0.15) is 4.98 Å². The zero-order valence-corrected chi connectivity index (χ0v) is 13.2. The van der Waals surface area contributed by atoms with Crippen molar-refractivity contribution in [1.82, 2.24) is 15.2 Å². The maximum atomic E-state index is 12.3. The van der Waals surface area contributed by atoms with E-state index in [1.54, 1.807) is 0 Å². The van der Waals surface area contributed by atoms with Crippen molar-refractivity contribution in [3.63, 3.8) is 0 Å². The lowest BCUT2D eigenvalue weighted by molar-refractivity contribution is -0.122. The molecule has 2 heterocycles. The summed E-state index contributed by atoms with van der Waals surface area (Å²) in [6.45, 7) is 8.11. The van der Waals surface area contributed by atoms with Gasteiger partial charge in [0.1, 0.15) is 11.6 Å². The number of hydrogen-bond acceptors (Lipinski definition) is 4. The number of aryl methyl sites for hydroxylation is 2. The number of anilines is 1. The summed E-state index contributed by atoms with van der Waals surface area (Å²) in [5, 5.41) is 9.52. The van der Waals surface area contributed by atoms with Gasteiger partial charge < -0.3 is 4.74 Å². The molecule has 22 heavy (non-hydrogen) atoms. The third-order valence-electron chi connectivity index (χ3n) is 3.93. The Morgan fingerprint density at radius 3 is 2.77 bits per heavy atom. The largest absolute Gasteiger partial charge is 0.480 e. The minimum Gasteiger partial charge on any atom is -0.480 e. The van der Waals surface area contributed by atoms with Crippen LogP contribution < -0.4 is 10.1 Å². The molecule has 1 amide bonds. The van der Waals surface area contributed by atoms with E-state index in [0.29, 0.717) is 12.4 Å². The molecule has 6 nitrogen and oxygen atoms in total. The van der Waals surface area contributed by atoms with Crippen molar-refractivity contribution in [2.45, 2.75) is 46.1 Å². The van der Waals surface area contributed by atoms with Crippen LogP contribution in [-0.4, -0.2) is 27.2 Å². The molecule has 0 saturated carbocycles. The molecule has 0 unspecified atom stereocenters. The van der Waals surface area contributed by atoms with Crippen LogP contribution in [0.15, 0.2) is 12.1 Å². The fourth-order valence-corrected chi connectivity index (χ4v) is 2.44. The number of aromatic amines is 1. The number of benzene rings is 1. The Bertz CT molecular complexity index is 690. The molecule has 2 N–H and O–H groups in total. The highest BCUT2D eigenvalue weighted by atomic mass is 16.5. The van der Waals surface area contributed by atoms with Crippen molar-refractivity contribution in [3.05, 3.63) is 34.6 Å². The molecule has 3 rings (SSSR count). The smallest absolute Gasteiger partial charge is 0.268 e. The molecule has 116 valence electrons. The van der Waals surface area contributed by atoms with Crippen molar-refractivity contribution in [2.24, 2.45) is 0 Å². The highest BCUT2D eigenvalue weighted by Crippen LogP contribution is 2.31. The number of carbonyl (C=O) groups is 1. The molecular formula is C16H20N4O2. The van der Waals surface area contributed by atoms with Gasteiger partial charge in [-0.25, -0.2) is 0 Å². The van der Waals surface area contributed by atoms with E-state index in [1.807, 2.05) is 26.8 Å². The van der Waals surface area contributed by atoms with Crippen LogP contribution in [0.5, 0.6) is 5.75 Å². The highest BCUT2D eigenvalue weighted by Gasteiger charge is 2.30. The summed E-state index contributed by atoms with van der Waals surface area (Å²) < 4.78 is 5.75. The van der Waals surface area contributed by atoms with Crippen LogP contribution in [0.1, 0.15) is 42.3 Å². The Morgan fingerprint density at radius 2 is 2.09 bits per heavy atom. The second kappa shape index (κ2) is 5.44. The lowest BCUT2D eigenvalue weighted by Gasteiger charge is -2.09. The van der Waals surface area contributed by atoms with E-state index in [4.69, 9.17) is 4.74 Å². The van der Waals surface area contributed by atoms with Crippen molar-refractivity contribution in [3.8, 4) is 5.75 Å². The third-order valence-corrected chi connectivity index (χ3v) is 3.93. The highest BCUT2D eigenvalue weighted by molar-refractivity contribution is 5.93. The first kappa shape index (κ1) is 14.6. The number of H-pyrrole nitrogens is 1. The number of nitrogens with zero attached hydrogens (tertiary/aromatic N) is 2. The molecule has 0 saturated heterocycles. The fourth-order valence-electron chi connectivity index (χ4n) is 2.44. The van der Waals surface area contributed by atoms with Gasteiger partial charge in [0.15, 0.2) is 6.10 Å². The lowest BCUT2D eigenvalue weighted by atomic mass is 10.0. The monoisotopic (exact) mass is 300 g/mol. The number of rotatable bonds is 3. The number of carbonyl (C=O) groups excluding carboxylic acids is 1. The second-order valence-electron chi connectivity index (χ2n) is 6.04. The van der Waals surface area contributed by atoms with Gasteiger partial charge in [0.25, 0.3) is 5.91 Å². The van der Waals surface area contributed by atoms with Crippen LogP contribution in [0.25, 0.3) is 0 Å². The zero-order valence-electron chi connectivity index (χ0n) is 13.2. The average molecular weight is 300 g/mol. The van der Waals surface area contributed by atoms with E-state index in [9.17, 15) is 4.79 Å². The number of amides is 1. The number of nitrogens with one attached hydrogen (secondary N) is 2.